The molecule has 3 aromatic rings. The Morgan fingerprint density at radius 2 is 1.83 bits per heavy atom. The Labute approximate surface area is 134 Å². The van der Waals surface area contributed by atoms with Gasteiger partial charge in [0, 0.05) is 36.1 Å². The van der Waals surface area contributed by atoms with E-state index in [-0.39, 0.29) is 0 Å². The van der Waals surface area contributed by atoms with E-state index in [0.29, 0.717) is 24.6 Å². The van der Waals surface area contributed by atoms with Crippen molar-refractivity contribution in [2.24, 2.45) is 0 Å². The number of rotatable bonds is 5. The highest BCUT2D eigenvalue weighted by atomic mass is 15.0. The molecule has 2 heterocycles. The molecular weight excluding hydrogens is 286 g/mol. The third-order valence-corrected chi connectivity index (χ3v) is 3.26. The molecule has 5 nitrogen and oxygen atoms in total. The first-order chi connectivity index (χ1) is 11.4. The van der Waals surface area contributed by atoms with Gasteiger partial charge in [0.25, 0.3) is 0 Å². The van der Waals surface area contributed by atoms with Crippen LogP contribution in [0.1, 0.15) is 6.42 Å². The van der Waals surface area contributed by atoms with E-state index in [1.165, 1.54) is 0 Å². The van der Waals surface area contributed by atoms with E-state index in [1.807, 2.05) is 48.5 Å². The van der Waals surface area contributed by atoms with Crippen LogP contribution in [-0.4, -0.2) is 21.5 Å². The van der Waals surface area contributed by atoms with Gasteiger partial charge in [-0.15, -0.1) is 0 Å². The first kappa shape index (κ1) is 14.7. The lowest BCUT2D eigenvalue weighted by molar-refractivity contribution is 1.04. The standard InChI is InChI=1S/C18H15N5/c19-9-5-11-21-17-12-16(14-6-2-1-3-7-14)22-18(23-17)15-8-4-10-20-13-15/h1-4,6-8,10,12-13H,5,11H2,(H,21,22,23). The zero-order valence-electron chi connectivity index (χ0n) is 12.5. The third-order valence-electron chi connectivity index (χ3n) is 3.26. The Kier molecular flexibility index (Phi) is 4.55. The Balaban J connectivity index is 2.02. The highest BCUT2D eigenvalue weighted by Gasteiger charge is 2.08. The Bertz CT molecular complexity index is 752. The lowest BCUT2D eigenvalue weighted by Crippen LogP contribution is -2.05. The number of anilines is 1. The molecule has 2 aromatic heterocycles. The highest BCUT2D eigenvalue weighted by molar-refractivity contribution is 5.67. The molecule has 0 saturated carbocycles. The van der Waals surface area contributed by atoms with Gasteiger partial charge in [-0.3, -0.25) is 4.98 Å². The van der Waals surface area contributed by atoms with Crippen molar-refractivity contribution in [3.63, 3.8) is 0 Å². The summed E-state index contributed by atoms with van der Waals surface area (Å²) in [5.74, 6) is 1.31. The molecule has 0 radical (unpaired) electrons. The van der Waals surface area contributed by atoms with E-state index in [2.05, 4.69) is 26.3 Å². The van der Waals surface area contributed by atoms with Crippen LogP contribution in [-0.2, 0) is 0 Å². The number of nitrogens with zero attached hydrogens (tertiary/aromatic N) is 4. The number of nitrogens with one attached hydrogen (secondary N) is 1. The molecule has 0 unspecified atom stereocenters. The quantitative estimate of drug-likeness (QED) is 0.730. The lowest BCUT2D eigenvalue weighted by atomic mass is 10.1. The summed E-state index contributed by atoms with van der Waals surface area (Å²) in [4.78, 5) is 13.3. The van der Waals surface area contributed by atoms with Crippen molar-refractivity contribution in [3.8, 4) is 28.7 Å². The molecule has 3 rings (SSSR count). The summed E-state index contributed by atoms with van der Waals surface area (Å²) in [6, 6.07) is 17.7. The second kappa shape index (κ2) is 7.14. The largest absolute Gasteiger partial charge is 0.369 e. The van der Waals surface area contributed by atoms with Gasteiger partial charge >= 0.3 is 0 Å². The van der Waals surface area contributed by atoms with Crippen LogP contribution in [0.25, 0.3) is 22.6 Å². The minimum Gasteiger partial charge on any atom is -0.369 e. The van der Waals surface area contributed by atoms with Crippen molar-refractivity contribution in [2.45, 2.75) is 6.42 Å². The maximum Gasteiger partial charge on any atom is 0.163 e. The molecule has 5 heteroatoms. The smallest absolute Gasteiger partial charge is 0.163 e. The van der Waals surface area contributed by atoms with Crippen molar-refractivity contribution >= 4 is 5.82 Å². The van der Waals surface area contributed by atoms with Crippen LogP contribution in [0.5, 0.6) is 0 Å². The van der Waals surface area contributed by atoms with Crippen LogP contribution in [0.4, 0.5) is 5.82 Å². The van der Waals surface area contributed by atoms with E-state index >= 15 is 0 Å². The van der Waals surface area contributed by atoms with Crippen LogP contribution in [0.15, 0.2) is 60.9 Å². The molecular formula is C18H15N5. The van der Waals surface area contributed by atoms with Crippen molar-refractivity contribution in [1.82, 2.24) is 15.0 Å². The topological polar surface area (TPSA) is 74.5 Å². The van der Waals surface area contributed by atoms with Crippen molar-refractivity contribution < 1.29 is 0 Å². The first-order valence-corrected chi connectivity index (χ1v) is 7.32. The molecule has 0 amide bonds. The van der Waals surface area contributed by atoms with Gasteiger partial charge in [0.2, 0.25) is 0 Å². The summed E-state index contributed by atoms with van der Waals surface area (Å²) in [6.07, 6.45) is 3.88. The zero-order valence-corrected chi connectivity index (χ0v) is 12.5. The summed E-state index contributed by atoms with van der Waals surface area (Å²) in [5.41, 5.74) is 2.70. The van der Waals surface area contributed by atoms with Crippen LogP contribution >= 0.6 is 0 Å². The molecule has 0 aliphatic carbocycles. The molecule has 0 aliphatic rings. The molecule has 112 valence electrons. The molecule has 23 heavy (non-hydrogen) atoms. The van der Waals surface area contributed by atoms with Crippen molar-refractivity contribution in [1.29, 1.82) is 5.26 Å². The molecule has 1 aromatic carbocycles. The Morgan fingerprint density at radius 3 is 2.57 bits per heavy atom. The fourth-order valence-electron chi connectivity index (χ4n) is 2.17. The average molecular weight is 301 g/mol. The van der Waals surface area contributed by atoms with Gasteiger partial charge in [-0.05, 0) is 12.1 Å². The summed E-state index contributed by atoms with van der Waals surface area (Å²) in [7, 11) is 0. The zero-order chi connectivity index (χ0) is 15.9. The number of pyridine rings is 1. The van der Waals surface area contributed by atoms with Crippen molar-refractivity contribution in [2.75, 3.05) is 11.9 Å². The first-order valence-electron chi connectivity index (χ1n) is 7.32. The predicted octanol–water partition coefficient (Wildman–Crippen LogP) is 3.53. The Morgan fingerprint density at radius 1 is 1.00 bits per heavy atom. The molecule has 0 spiro atoms. The molecule has 0 aliphatic heterocycles. The molecule has 0 atom stereocenters. The summed E-state index contributed by atoms with van der Waals surface area (Å²) in [6.45, 7) is 0.550. The average Bonchev–Trinajstić information content (AvgIpc) is 2.63. The van der Waals surface area contributed by atoms with E-state index in [1.54, 1.807) is 12.4 Å². The van der Waals surface area contributed by atoms with E-state index in [0.717, 1.165) is 16.8 Å². The summed E-state index contributed by atoms with van der Waals surface area (Å²) < 4.78 is 0. The molecule has 0 fully saturated rings. The van der Waals surface area contributed by atoms with Gasteiger partial charge in [-0.1, -0.05) is 30.3 Å². The molecule has 1 N–H and O–H groups in total. The minimum absolute atomic E-state index is 0.424. The number of hydrogen-bond donors (Lipinski definition) is 1. The second-order valence-corrected chi connectivity index (χ2v) is 4.90. The SMILES string of the molecule is N#CCCNc1cc(-c2ccccc2)nc(-c2cccnc2)n1. The minimum atomic E-state index is 0.424. The number of aromatic nitrogens is 3. The van der Waals surface area contributed by atoms with E-state index in [9.17, 15) is 0 Å². The molecule has 0 bridgehead atoms. The second-order valence-electron chi connectivity index (χ2n) is 4.90. The number of hydrogen-bond acceptors (Lipinski definition) is 5. The highest BCUT2D eigenvalue weighted by Crippen LogP contribution is 2.23. The fraction of sp³-hybridized carbons (Fsp3) is 0.111. The lowest BCUT2D eigenvalue weighted by Gasteiger charge is -2.09. The summed E-state index contributed by atoms with van der Waals surface area (Å²) in [5, 5.41) is 11.9. The predicted molar refractivity (Wildman–Crippen MR) is 89.4 cm³/mol. The van der Waals surface area contributed by atoms with E-state index in [4.69, 9.17) is 5.26 Å². The number of benzene rings is 1. The van der Waals surface area contributed by atoms with Gasteiger partial charge in [0.15, 0.2) is 5.82 Å². The normalized spacial score (nSPS) is 10.0. The van der Waals surface area contributed by atoms with Crippen LogP contribution in [0.2, 0.25) is 0 Å². The number of nitriles is 1. The van der Waals surface area contributed by atoms with Crippen LogP contribution < -0.4 is 5.32 Å². The third kappa shape index (κ3) is 3.69. The summed E-state index contributed by atoms with van der Waals surface area (Å²) >= 11 is 0. The van der Waals surface area contributed by atoms with Gasteiger partial charge in [-0.25, -0.2) is 9.97 Å². The van der Waals surface area contributed by atoms with Gasteiger partial charge in [-0.2, -0.15) is 5.26 Å². The van der Waals surface area contributed by atoms with Gasteiger partial charge in [0.05, 0.1) is 18.2 Å². The van der Waals surface area contributed by atoms with Gasteiger partial charge < -0.3 is 5.32 Å². The Hall–Kier alpha value is -3.26. The fourth-order valence-corrected chi connectivity index (χ4v) is 2.17. The van der Waals surface area contributed by atoms with E-state index < -0.39 is 0 Å². The van der Waals surface area contributed by atoms with Crippen LogP contribution in [0, 0.1) is 11.3 Å². The monoisotopic (exact) mass is 301 g/mol. The molecule has 0 saturated heterocycles. The maximum atomic E-state index is 8.68. The maximum absolute atomic E-state index is 8.68. The van der Waals surface area contributed by atoms with Crippen LogP contribution in [0.3, 0.4) is 0 Å². The van der Waals surface area contributed by atoms with Crippen molar-refractivity contribution in [3.05, 3.63) is 60.9 Å². The van der Waals surface area contributed by atoms with Gasteiger partial charge in [0.1, 0.15) is 5.82 Å².